The van der Waals surface area contributed by atoms with E-state index in [1.165, 1.54) is 100 Å². The molecule has 64 heavy (non-hydrogen) atoms. The molecule has 1 heteroatoms. The molecule has 0 fully saturated rings. The SMILES string of the molecule is CC(C)(C)c1ccc2c(c1)C(C)(C)c1cc(C(C)(C)C)cc(N(c3ccc4c(c3)C(C)(C)c3ccccc3-4)c3ccc4c(c3)C(c3ccccc3)(c3ccccc3)c3ccccc3-4)c1-2. The monoisotopic (exact) mass is 829 g/mol. The fourth-order valence-electron chi connectivity index (χ4n) is 11.7. The lowest BCUT2D eigenvalue weighted by molar-refractivity contribution is 0.580. The van der Waals surface area contributed by atoms with Crippen molar-refractivity contribution in [2.45, 2.75) is 96.3 Å². The van der Waals surface area contributed by atoms with Gasteiger partial charge in [-0.15, -0.1) is 0 Å². The van der Waals surface area contributed by atoms with Crippen molar-refractivity contribution in [1.29, 1.82) is 0 Å². The number of nitrogens with zero attached hydrogens (tertiary/aromatic N) is 1. The molecule has 0 saturated heterocycles. The summed E-state index contributed by atoms with van der Waals surface area (Å²) in [5, 5.41) is 0. The van der Waals surface area contributed by atoms with Gasteiger partial charge in [0, 0.05) is 27.8 Å². The van der Waals surface area contributed by atoms with Gasteiger partial charge in [0.25, 0.3) is 0 Å². The number of benzene rings is 8. The Kier molecular flexibility index (Phi) is 8.69. The highest BCUT2D eigenvalue weighted by Crippen LogP contribution is 2.60. The summed E-state index contributed by atoms with van der Waals surface area (Å²) >= 11 is 0. The molecule has 0 spiro atoms. The van der Waals surface area contributed by atoms with E-state index in [4.69, 9.17) is 0 Å². The van der Waals surface area contributed by atoms with Crippen LogP contribution in [0, 0.1) is 0 Å². The highest BCUT2D eigenvalue weighted by Gasteiger charge is 2.47. The number of anilines is 3. The molecule has 0 atom stereocenters. The second-order valence-electron chi connectivity index (χ2n) is 21.8. The van der Waals surface area contributed by atoms with Gasteiger partial charge in [-0.3, -0.25) is 0 Å². The molecular formula is C63H59N. The number of fused-ring (bicyclic) bond motifs is 9. The van der Waals surface area contributed by atoms with Crippen LogP contribution in [0.4, 0.5) is 17.1 Å². The average Bonchev–Trinajstić information content (AvgIpc) is 3.81. The predicted octanol–water partition coefficient (Wildman–Crippen LogP) is 16.7. The lowest BCUT2D eigenvalue weighted by atomic mass is 9.67. The van der Waals surface area contributed by atoms with Gasteiger partial charge in [0.2, 0.25) is 0 Å². The van der Waals surface area contributed by atoms with Crippen LogP contribution in [0.15, 0.2) is 176 Å². The van der Waals surface area contributed by atoms with Gasteiger partial charge in [0.15, 0.2) is 0 Å². The van der Waals surface area contributed by atoms with Crippen LogP contribution in [-0.2, 0) is 27.1 Å². The van der Waals surface area contributed by atoms with E-state index in [2.05, 4.69) is 250 Å². The average molecular weight is 830 g/mol. The van der Waals surface area contributed by atoms with Crippen LogP contribution < -0.4 is 4.90 Å². The van der Waals surface area contributed by atoms with Crippen molar-refractivity contribution in [3.63, 3.8) is 0 Å². The topological polar surface area (TPSA) is 3.24 Å². The van der Waals surface area contributed by atoms with Gasteiger partial charge >= 0.3 is 0 Å². The Morgan fingerprint density at radius 1 is 0.344 bits per heavy atom. The van der Waals surface area contributed by atoms with Gasteiger partial charge in [-0.25, -0.2) is 0 Å². The minimum atomic E-state index is -0.523. The quantitative estimate of drug-likeness (QED) is 0.167. The van der Waals surface area contributed by atoms with Crippen LogP contribution >= 0.6 is 0 Å². The second-order valence-corrected chi connectivity index (χ2v) is 21.8. The first-order valence-electron chi connectivity index (χ1n) is 23.3. The molecule has 8 aromatic carbocycles. The van der Waals surface area contributed by atoms with Gasteiger partial charge in [0.1, 0.15) is 0 Å². The highest BCUT2D eigenvalue weighted by molar-refractivity contribution is 5.98. The molecule has 1 nitrogen and oxygen atoms in total. The molecule has 0 saturated carbocycles. The minimum absolute atomic E-state index is 0.0338. The van der Waals surface area contributed by atoms with Crippen LogP contribution in [0.2, 0.25) is 0 Å². The van der Waals surface area contributed by atoms with Crippen molar-refractivity contribution in [3.8, 4) is 33.4 Å². The highest BCUT2D eigenvalue weighted by atomic mass is 15.1. The Morgan fingerprint density at radius 2 is 0.781 bits per heavy atom. The minimum Gasteiger partial charge on any atom is -0.310 e. The molecule has 11 rings (SSSR count). The normalized spacial score (nSPS) is 15.7. The lowest BCUT2D eigenvalue weighted by Crippen LogP contribution is -2.28. The first-order chi connectivity index (χ1) is 30.5. The van der Waals surface area contributed by atoms with Gasteiger partial charge in [-0.1, -0.05) is 215 Å². The Hall–Kier alpha value is -6.44. The molecule has 8 aromatic rings. The second kappa shape index (κ2) is 13.8. The zero-order valence-electron chi connectivity index (χ0n) is 39.2. The molecule has 0 amide bonds. The smallest absolute Gasteiger partial charge is 0.0714 e. The third-order valence-electron chi connectivity index (χ3n) is 15.3. The predicted molar refractivity (Wildman–Crippen MR) is 271 cm³/mol. The van der Waals surface area contributed by atoms with E-state index in [1.54, 1.807) is 0 Å². The molecule has 0 radical (unpaired) electrons. The maximum Gasteiger partial charge on any atom is 0.0714 e. The summed E-state index contributed by atoms with van der Waals surface area (Å²) in [5.41, 5.74) is 24.0. The first-order valence-corrected chi connectivity index (χ1v) is 23.3. The maximum atomic E-state index is 2.63. The summed E-state index contributed by atoms with van der Waals surface area (Å²) in [4.78, 5) is 2.63. The molecule has 0 aromatic heterocycles. The van der Waals surface area contributed by atoms with E-state index in [0.29, 0.717) is 0 Å². The summed E-state index contributed by atoms with van der Waals surface area (Å²) in [6, 6.07) is 67.5. The van der Waals surface area contributed by atoms with Crippen LogP contribution in [0.3, 0.4) is 0 Å². The molecule has 0 aliphatic heterocycles. The summed E-state index contributed by atoms with van der Waals surface area (Å²) in [6.07, 6.45) is 0. The van der Waals surface area contributed by atoms with Crippen molar-refractivity contribution in [1.82, 2.24) is 0 Å². The molecular weight excluding hydrogens is 771 g/mol. The van der Waals surface area contributed by atoms with Crippen LogP contribution in [-0.4, -0.2) is 0 Å². The van der Waals surface area contributed by atoms with Gasteiger partial charge in [0.05, 0.1) is 11.1 Å². The van der Waals surface area contributed by atoms with Crippen molar-refractivity contribution < 1.29 is 0 Å². The van der Waals surface area contributed by atoms with Crippen LogP contribution in [0.25, 0.3) is 33.4 Å². The maximum absolute atomic E-state index is 2.63. The fraction of sp³-hybridized carbons (Fsp3) is 0.238. The Labute approximate surface area is 381 Å². The van der Waals surface area contributed by atoms with Crippen LogP contribution in [0.1, 0.15) is 125 Å². The van der Waals surface area contributed by atoms with Crippen molar-refractivity contribution >= 4 is 17.1 Å². The molecule has 0 unspecified atom stereocenters. The van der Waals surface area contributed by atoms with Crippen molar-refractivity contribution in [3.05, 3.63) is 232 Å². The van der Waals surface area contributed by atoms with Gasteiger partial charge in [-0.2, -0.15) is 0 Å². The lowest BCUT2D eigenvalue weighted by Gasteiger charge is -2.36. The fourth-order valence-corrected chi connectivity index (χ4v) is 11.7. The summed E-state index contributed by atoms with van der Waals surface area (Å²) in [7, 11) is 0. The van der Waals surface area contributed by atoms with Crippen LogP contribution in [0.5, 0.6) is 0 Å². The molecule has 0 N–H and O–H groups in total. The van der Waals surface area contributed by atoms with E-state index < -0.39 is 5.41 Å². The van der Waals surface area contributed by atoms with E-state index in [0.717, 1.165) is 5.69 Å². The van der Waals surface area contributed by atoms with Crippen molar-refractivity contribution in [2.75, 3.05) is 4.90 Å². The van der Waals surface area contributed by atoms with Gasteiger partial charge in [-0.05, 0) is 125 Å². The van der Waals surface area contributed by atoms with E-state index >= 15 is 0 Å². The first kappa shape index (κ1) is 40.3. The number of hydrogen-bond donors (Lipinski definition) is 0. The third-order valence-corrected chi connectivity index (χ3v) is 15.3. The van der Waals surface area contributed by atoms with Gasteiger partial charge < -0.3 is 4.90 Å². The zero-order valence-corrected chi connectivity index (χ0v) is 39.2. The van der Waals surface area contributed by atoms with E-state index in [1.807, 2.05) is 0 Å². The number of hydrogen-bond acceptors (Lipinski definition) is 1. The van der Waals surface area contributed by atoms with Crippen molar-refractivity contribution in [2.24, 2.45) is 0 Å². The summed E-state index contributed by atoms with van der Waals surface area (Å²) < 4.78 is 0. The standard InChI is InChI=1S/C63H59N/c1-59(2,3)42-29-32-50-53(35-42)62(9,10)56-36-43(60(4,5)6)37-57(58(50)56)64(44-30-33-48-46-25-17-19-27-51(46)61(7,8)54(48)38-44)45-31-34-49-47-26-18-20-28-52(47)63(55(49)39-45,40-21-13-11-14-22-40)41-23-15-12-16-24-41/h11-39H,1-10H3. The number of rotatable bonds is 5. The molecule has 0 bridgehead atoms. The Bertz CT molecular complexity index is 3130. The van der Waals surface area contributed by atoms with E-state index in [-0.39, 0.29) is 21.7 Å². The summed E-state index contributed by atoms with van der Waals surface area (Å²) in [6.45, 7) is 23.8. The zero-order chi connectivity index (χ0) is 44.6. The summed E-state index contributed by atoms with van der Waals surface area (Å²) in [5.74, 6) is 0. The molecule has 316 valence electrons. The van der Waals surface area contributed by atoms with E-state index in [9.17, 15) is 0 Å². The Morgan fingerprint density at radius 3 is 1.38 bits per heavy atom. The molecule has 3 aliphatic carbocycles. The Balaban J connectivity index is 1.25. The largest absolute Gasteiger partial charge is 0.310 e. The third kappa shape index (κ3) is 5.69. The molecule has 0 heterocycles. The molecule has 3 aliphatic rings.